The highest BCUT2D eigenvalue weighted by atomic mass is 16.5. The third-order valence-corrected chi connectivity index (χ3v) is 5.05. The van der Waals surface area contributed by atoms with E-state index in [1.807, 2.05) is 31.2 Å². The minimum Gasteiger partial charge on any atom is -0.492 e. The molecule has 4 rings (SSSR count). The molecule has 31 heavy (non-hydrogen) atoms. The number of hydrogen-bond donors (Lipinski definition) is 2. The Kier molecular flexibility index (Phi) is 6.47. The number of para-hydroxylation sites is 3. The van der Waals surface area contributed by atoms with Gasteiger partial charge in [-0.2, -0.15) is 0 Å². The second-order valence-corrected chi connectivity index (χ2v) is 7.08. The van der Waals surface area contributed by atoms with E-state index in [-0.39, 0.29) is 6.03 Å². The fourth-order valence-corrected chi connectivity index (χ4v) is 3.54. The molecule has 1 aromatic heterocycles. The standard InChI is InChI=1S/C23H26N6O2/c1-2-31-20-11-7-6-10-19(20)26-23(30)27-21-16-22(25-17-24-21)29-14-12-28(13-15-29)18-8-4-3-5-9-18/h3-11,16-17H,2,12-15H2,1H3,(H2,24,25,26,27,30). The van der Waals surface area contributed by atoms with E-state index < -0.39 is 0 Å². The quantitative estimate of drug-likeness (QED) is 0.633. The van der Waals surface area contributed by atoms with Crippen LogP contribution in [-0.2, 0) is 0 Å². The minimum absolute atomic E-state index is 0.384. The third-order valence-electron chi connectivity index (χ3n) is 5.05. The molecule has 2 heterocycles. The monoisotopic (exact) mass is 418 g/mol. The number of hydrogen-bond acceptors (Lipinski definition) is 6. The number of rotatable bonds is 6. The lowest BCUT2D eigenvalue weighted by Crippen LogP contribution is -2.46. The molecule has 3 aromatic rings. The van der Waals surface area contributed by atoms with Crippen LogP contribution in [0.2, 0.25) is 0 Å². The van der Waals surface area contributed by atoms with Crippen LogP contribution in [0.15, 0.2) is 67.0 Å². The van der Waals surface area contributed by atoms with Gasteiger partial charge in [-0.25, -0.2) is 14.8 Å². The second kappa shape index (κ2) is 9.80. The number of ether oxygens (including phenoxy) is 1. The summed E-state index contributed by atoms with van der Waals surface area (Å²) in [5.41, 5.74) is 1.84. The molecule has 8 nitrogen and oxygen atoms in total. The summed E-state index contributed by atoms with van der Waals surface area (Å²) in [6.45, 7) is 5.93. The van der Waals surface area contributed by atoms with Gasteiger partial charge in [0.25, 0.3) is 0 Å². The number of carbonyl (C=O) groups excluding carboxylic acids is 1. The SMILES string of the molecule is CCOc1ccccc1NC(=O)Nc1cc(N2CCN(c3ccccc3)CC2)ncn1. The summed E-state index contributed by atoms with van der Waals surface area (Å²) in [5.74, 6) is 1.87. The molecule has 0 bridgehead atoms. The first-order valence-electron chi connectivity index (χ1n) is 10.4. The molecule has 160 valence electrons. The normalized spacial score (nSPS) is 13.6. The molecule has 2 amide bonds. The maximum Gasteiger partial charge on any atom is 0.324 e. The summed E-state index contributed by atoms with van der Waals surface area (Å²) in [6.07, 6.45) is 1.47. The van der Waals surface area contributed by atoms with E-state index in [9.17, 15) is 4.79 Å². The zero-order valence-corrected chi connectivity index (χ0v) is 17.5. The predicted molar refractivity (Wildman–Crippen MR) is 123 cm³/mol. The van der Waals surface area contributed by atoms with Gasteiger partial charge in [-0.05, 0) is 31.2 Å². The molecule has 1 aliphatic heterocycles. The molecular formula is C23H26N6O2. The summed E-state index contributed by atoms with van der Waals surface area (Å²) in [7, 11) is 0. The van der Waals surface area contributed by atoms with Gasteiger partial charge < -0.3 is 19.9 Å². The number of nitrogens with zero attached hydrogens (tertiary/aromatic N) is 4. The van der Waals surface area contributed by atoms with Crippen LogP contribution in [0.4, 0.5) is 27.8 Å². The molecule has 1 saturated heterocycles. The van der Waals surface area contributed by atoms with Gasteiger partial charge in [0.1, 0.15) is 23.7 Å². The minimum atomic E-state index is -0.384. The Balaban J connectivity index is 1.36. The first kappa shape index (κ1) is 20.5. The van der Waals surface area contributed by atoms with Gasteiger partial charge in [0.05, 0.1) is 12.3 Å². The van der Waals surface area contributed by atoms with Gasteiger partial charge in [0.15, 0.2) is 0 Å². The van der Waals surface area contributed by atoms with Crippen LogP contribution in [0.1, 0.15) is 6.92 Å². The van der Waals surface area contributed by atoms with E-state index in [4.69, 9.17) is 4.74 Å². The molecule has 1 aliphatic rings. The molecule has 0 atom stereocenters. The van der Waals surface area contributed by atoms with Crippen molar-refractivity contribution in [3.05, 3.63) is 67.0 Å². The van der Waals surface area contributed by atoms with Crippen LogP contribution in [0.5, 0.6) is 5.75 Å². The van der Waals surface area contributed by atoms with E-state index >= 15 is 0 Å². The van der Waals surface area contributed by atoms with Crippen molar-refractivity contribution in [2.45, 2.75) is 6.92 Å². The zero-order valence-electron chi connectivity index (χ0n) is 17.5. The van der Waals surface area contributed by atoms with E-state index in [0.717, 1.165) is 32.0 Å². The molecular weight excluding hydrogens is 392 g/mol. The van der Waals surface area contributed by atoms with Gasteiger partial charge >= 0.3 is 6.03 Å². The topological polar surface area (TPSA) is 82.6 Å². The predicted octanol–water partition coefficient (Wildman–Crippen LogP) is 3.85. The Labute approximate surface area is 181 Å². The molecule has 8 heteroatoms. The van der Waals surface area contributed by atoms with E-state index in [1.54, 1.807) is 12.1 Å². The first-order valence-corrected chi connectivity index (χ1v) is 10.4. The van der Waals surface area contributed by atoms with Gasteiger partial charge in [-0.3, -0.25) is 5.32 Å². The lowest BCUT2D eigenvalue weighted by atomic mass is 10.2. The number of urea groups is 1. The highest BCUT2D eigenvalue weighted by Gasteiger charge is 2.19. The van der Waals surface area contributed by atoms with E-state index in [2.05, 4.69) is 54.7 Å². The van der Waals surface area contributed by atoms with Gasteiger partial charge in [-0.1, -0.05) is 30.3 Å². The summed E-state index contributed by atoms with van der Waals surface area (Å²) < 4.78 is 5.55. The van der Waals surface area contributed by atoms with Crippen LogP contribution in [0, 0.1) is 0 Å². The van der Waals surface area contributed by atoms with Crippen LogP contribution in [0.3, 0.4) is 0 Å². The second-order valence-electron chi connectivity index (χ2n) is 7.08. The lowest BCUT2D eigenvalue weighted by molar-refractivity contribution is 0.262. The maximum atomic E-state index is 12.5. The number of piperazine rings is 1. The number of amides is 2. The van der Waals surface area contributed by atoms with Crippen molar-refractivity contribution in [3.63, 3.8) is 0 Å². The van der Waals surface area contributed by atoms with Crippen LogP contribution in [-0.4, -0.2) is 48.8 Å². The summed E-state index contributed by atoms with van der Waals surface area (Å²) in [4.78, 5) is 25.6. The Bertz CT molecular complexity index is 1010. The van der Waals surface area contributed by atoms with Crippen molar-refractivity contribution in [2.75, 3.05) is 53.2 Å². The molecule has 2 N–H and O–H groups in total. The highest BCUT2D eigenvalue weighted by Crippen LogP contribution is 2.24. The lowest BCUT2D eigenvalue weighted by Gasteiger charge is -2.36. The van der Waals surface area contributed by atoms with Gasteiger partial charge in [-0.15, -0.1) is 0 Å². The number of aromatic nitrogens is 2. The number of carbonyl (C=O) groups is 1. The molecule has 0 unspecified atom stereocenters. The largest absolute Gasteiger partial charge is 0.492 e. The molecule has 0 spiro atoms. The van der Waals surface area contributed by atoms with E-state index in [0.29, 0.717) is 23.9 Å². The molecule has 2 aromatic carbocycles. The molecule has 0 aliphatic carbocycles. The fraction of sp³-hybridized carbons (Fsp3) is 0.261. The Morgan fingerprint density at radius 3 is 2.42 bits per heavy atom. The Morgan fingerprint density at radius 2 is 1.65 bits per heavy atom. The Hall–Kier alpha value is -3.81. The average molecular weight is 419 g/mol. The maximum absolute atomic E-state index is 12.5. The number of nitrogens with one attached hydrogen (secondary N) is 2. The summed E-state index contributed by atoms with van der Waals surface area (Å²) >= 11 is 0. The van der Waals surface area contributed by atoms with Crippen molar-refractivity contribution >= 4 is 29.0 Å². The highest BCUT2D eigenvalue weighted by molar-refractivity contribution is 6.00. The van der Waals surface area contributed by atoms with Crippen LogP contribution >= 0.6 is 0 Å². The number of anilines is 4. The average Bonchev–Trinajstić information content (AvgIpc) is 2.81. The fourth-order valence-electron chi connectivity index (χ4n) is 3.54. The van der Waals surface area contributed by atoms with E-state index in [1.165, 1.54) is 12.0 Å². The van der Waals surface area contributed by atoms with Gasteiger partial charge in [0, 0.05) is 37.9 Å². The van der Waals surface area contributed by atoms with Gasteiger partial charge in [0.2, 0.25) is 0 Å². The Morgan fingerprint density at radius 1 is 0.935 bits per heavy atom. The van der Waals surface area contributed by atoms with Crippen molar-refractivity contribution in [2.24, 2.45) is 0 Å². The van der Waals surface area contributed by atoms with Crippen molar-refractivity contribution in [1.82, 2.24) is 9.97 Å². The summed E-state index contributed by atoms with van der Waals surface area (Å²) in [5, 5.41) is 5.59. The zero-order chi connectivity index (χ0) is 21.5. The van der Waals surface area contributed by atoms with Crippen molar-refractivity contribution in [3.8, 4) is 5.75 Å². The molecule has 0 radical (unpaired) electrons. The molecule has 1 fully saturated rings. The van der Waals surface area contributed by atoms with Crippen LogP contribution in [0.25, 0.3) is 0 Å². The number of benzene rings is 2. The smallest absolute Gasteiger partial charge is 0.324 e. The third kappa shape index (κ3) is 5.22. The summed E-state index contributed by atoms with van der Waals surface area (Å²) in [6, 6.07) is 19.1. The van der Waals surface area contributed by atoms with Crippen LogP contribution < -0.4 is 25.2 Å². The molecule has 0 saturated carbocycles. The van der Waals surface area contributed by atoms with Crippen molar-refractivity contribution < 1.29 is 9.53 Å². The first-order chi connectivity index (χ1) is 15.2. The van der Waals surface area contributed by atoms with Crippen molar-refractivity contribution in [1.29, 1.82) is 0 Å².